The number of hydrogen-bond donors (Lipinski definition) is 2. The molecule has 1 saturated heterocycles. The lowest BCUT2D eigenvalue weighted by molar-refractivity contribution is -0.0945. The van der Waals surface area contributed by atoms with Crippen LogP contribution in [0.25, 0.3) is 0 Å². The van der Waals surface area contributed by atoms with E-state index in [-0.39, 0.29) is 23.1 Å². The fraction of sp³-hybridized carbons (Fsp3) is 0.588. The first-order valence-corrected chi connectivity index (χ1v) is 8.03. The van der Waals surface area contributed by atoms with Crippen molar-refractivity contribution in [1.29, 1.82) is 0 Å². The van der Waals surface area contributed by atoms with Crippen molar-refractivity contribution in [3.8, 4) is 5.75 Å². The van der Waals surface area contributed by atoms with Crippen molar-refractivity contribution in [2.45, 2.75) is 26.9 Å². The average molecular weight is 323 g/mol. The van der Waals surface area contributed by atoms with E-state index >= 15 is 0 Å². The number of nitrogens with one attached hydrogen (secondary N) is 2. The Kier molecular flexibility index (Phi) is 6.21. The standard InChI is InChI=1S/C17H26FN3O2/c1-4-19-16(21-10-17(3)11-22-12-17)20-9-13(2)23-15-8-6-5-7-14(15)18/h5-8,13H,4,9-12H2,1-3H3,(H2,19,20,21). The fourth-order valence-electron chi connectivity index (χ4n) is 2.19. The van der Waals surface area contributed by atoms with Crippen molar-refractivity contribution in [2.75, 3.05) is 32.8 Å². The fourth-order valence-corrected chi connectivity index (χ4v) is 2.19. The summed E-state index contributed by atoms with van der Waals surface area (Å²) in [6.07, 6.45) is -0.182. The van der Waals surface area contributed by atoms with Crippen LogP contribution in [0, 0.1) is 11.2 Å². The van der Waals surface area contributed by atoms with Crippen molar-refractivity contribution < 1.29 is 13.9 Å². The maximum atomic E-state index is 13.6. The second-order valence-corrected chi connectivity index (χ2v) is 6.24. The van der Waals surface area contributed by atoms with Gasteiger partial charge in [0.15, 0.2) is 17.5 Å². The van der Waals surface area contributed by atoms with Crippen LogP contribution in [0.2, 0.25) is 0 Å². The van der Waals surface area contributed by atoms with Crippen LogP contribution in [0.4, 0.5) is 4.39 Å². The lowest BCUT2D eigenvalue weighted by atomic mass is 9.89. The summed E-state index contributed by atoms with van der Waals surface area (Å²) in [5.41, 5.74) is 0.137. The van der Waals surface area contributed by atoms with E-state index in [1.807, 2.05) is 13.8 Å². The molecule has 0 saturated carbocycles. The number of guanidine groups is 1. The molecule has 1 aliphatic rings. The lowest BCUT2D eigenvalue weighted by Gasteiger charge is -2.36. The highest BCUT2D eigenvalue weighted by atomic mass is 19.1. The van der Waals surface area contributed by atoms with E-state index in [9.17, 15) is 4.39 Å². The molecule has 2 N–H and O–H groups in total. The Morgan fingerprint density at radius 3 is 2.74 bits per heavy atom. The summed E-state index contributed by atoms with van der Waals surface area (Å²) in [5.74, 6) is 0.658. The van der Waals surface area contributed by atoms with Gasteiger partial charge in [0.2, 0.25) is 0 Å². The lowest BCUT2D eigenvalue weighted by Crippen LogP contribution is -2.45. The van der Waals surface area contributed by atoms with E-state index < -0.39 is 0 Å². The van der Waals surface area contributed by atoms with Gasteiger partial charge in [-0.25, -0.2) is 4.39 Å². The minimum Gasteiger partial charge on any atom is -0.486 e. The number of halogens is 1. The number of benzene rings is 1. The first-order valence-electron chi connectivity index (χ1n) is 8.03. The molecule has 5 nitrogen and oxygen atoms in total. The zero-order valence-electron chi connectivity index (χ0n) is 14.1. The highest BCUT2D eigenvalue weighted by molar-refractivity contribution is 5.79. The van der Waals surface area contributed by atoms with Gasteiger partial charge in [0, 0.05) is 12.0 Å². The second-order valence-electron chi connectivity index (χ2n) is 6.24. The van der Waals surface area contributed by atoms with E-state index in [4.69, 9.17) is 9.47 Å². The van der Waals surface area contributed by atoms with Crippen molar-refractivity contribution in [1.82, 2.24) is 10.6 Å². The van der Waals surface area contributed by atoms with E-state index in [2.05, 4.69) is 22.5 Å². The minimum atomic E-state index is -0.349. The number of para-hydroxylation sites is 1. The summed E-state index contributed by atoms with van der Waals surface area (Å²) in [6.45, 7) is 9.60. The Morgan fingerprint density at radius 2 is 2.13 bits per heavy atom. The van der Waals surface area contributed by atoms with Crippen LogP contribution < -0.4 is 15.4 Å². The third kappa shape index (κ3) is 5.39. The van der Waals surface area contributed by atoms with Crippen molar-refractivity contribution >= 4 is 5.96 Å². The molecule has 1 aromatic carbocycles. The first-order chi connectivity index (χ1) is 11.0. The Balaban J connectivity index is 1.82. The molecule has 0 spiro atoms. The number of hydrogen-bond acceptors (Lipinski definition) is 3. The normalized spacial score (nSPS) is 18.0. The van der Waals surface area contributed by atoms with Gasteiger partial charge in [0.05, 0.1) is 26.3 Å². The minimum absolute atomic E-state index is 0.137. The SMILES string of the molecule is CCNC(=NCC1(C)COC1)NCC(C)Oc1ccccc1F. The highest BCUT2D eigenvalue weighted by Gasteiger charge is 2.33. The first kappa shape index (κ1) is 17.5. The van der Waals surface area contributed by atoms with Gasteiger partial charge in [-0.1, -0.05) is 19.1 Å². The number of ether oxygens (including phenoxy) is 2. The summed E-state index contributed by atoms with van der Waals surface area (Å²) in [5, 5.41) is 6.43. The molecule has 1 aromatic rings. The molecule has 128 valence electrons. The largest absolute Gasteiger partial charge is 0.486 e. The van der Waals surface area contributed by atoms with Crippen molar-refractivity contribution in [3.63, 3.8) is 0 Å². The molecular formula is C17H26FN3O2. The van der Waals surface area contributed by atoms with Crippen molar-refractivity contribution in [2.24, 2.45) is 10.4 Å². The zero-order valence-corrected chi connectivity index (χ0v) is 14.1. The van der Waals surface area contributed by atoms with Gasteiger partial charge in [-0.2, -0.15) is 0 Å². The monoisotopic (exact) mass is 323 g/mol. The van der Waals surface area contributed by atoms with E-state index in [1.54, 1.807) is 18.2 Å². The summed E-state index contributed by atoms with van der Waals surface area (Å²) in [7, 11) is 0. The Labute approximate surface area is 137 Å². The molecule has 2 rings (SSSR count). The molecule has 1 heterocycles. The molecule has 1 atom stereocenters. The van der Waals surface area contributed by atoms with Crippen LogP contribution in [0.5, 0.6) is 5.75 Å². The molecule has 0 aliphatic carbocycles. The van der Waals surface area contributed by atoms with E-state index in [1.165, 1.54) is 6.07 Å². The smallest absolute Gasteiger partial charge is 0.191 e. The summed E-state index contributed by atoms with van der Waals surface area (Å²) in [4.78, 5) is 4.59. The molecular weight excluding hydrogens is 297 g/mol. The van der Waals surface area contributed by atoms with Gasteiger partial charge in [0.25, 0.3) is 0 Å². The molecule has 23 heavy (non-hydrogen) atoms. The van der Waals surface area contributed by atoms with Crippen LogP contribution in [0.1, 0.15) is 20.8 Å². The topological polar surface area (TPSA) is 54.9 Å². The number of rotatable bonds is 7. The van der Waals surface area contributed by atoms with Crippen LogP contribution in [0.3, 0.4) is 0 Å². The number of aliphatic imine (C=N–C) groups is 1. The molecule has 0 bridgehead atoms. The highest BCUT2D eigenvalue weighted by Crippen LogP contribution is 2.26. The Hall–Kier alpha value is -1.82. The van der Waals surface area contributed by atoms with Crippen LogP contribution in [-0.2, 0) is 4.74 Å². The summed E-state index contributed by atoms with van der Waals surface area (Å²) in [6, 6.07) is 6.42. The molecule has 1 fully saturated rings. The third-order valence-electron chi connectivity index (χ3n) is 3.59. The molecule has 0 aromatic heterocycles. The number of nitrogens with zero attached hydrogens (tertiary/aromatic N) is 1. The van der Waals surface area contributed by atoms with Gasteiger partial charge < -0.3 is 20.1 Å². The molecule has 6 heteroatoms. The van der Waals surface area contributed by atoms with Gasteiger partial charge in [0.1, 0.15) is 6.10 Å². The molecule has 1 aliphatic heterocycles. The van der Waals surface area contributed by atoms with Crippen LogP contribution in [0.15, 0.2) is 29.3 Å². The van der Waals surface area contributed by atoms with E-state index in [0.29, 0.717) is 13.1 Å². The molecule has 1 unspecified atom stereocenters. The Morgan fingerprint density at radius 1 is 1.39 bits per heavy atom. The third-order valence-corrected chi connectivity index (χ3v) is 3.59. The molecule has 0 radical (unpaired) electrons. The van der Waals surface area contributed by atoms with E-state index in [0.717, 1.165) is 25.7 Å². The van der Waals surface area contributed by atoms with Gasteiger partial charge in [-0.3, -0.25) is 4.99 Å². The van der Waals surface area contributed by atoms with Crippen molar-refractivity contribution in [3.05, 3.63) is 30.1 Å². The van der Waals surface area contributed by atoms with Gasteiger partial charge in [-0.15, -0.1) is 0 Å². The second kappa shape index (κ2) is 8.15. The van der Waals surface area contributed by atoms with Gasteiger partial charge in [-0.05, 0) is 26.0 Å². The van der Waals surface area contributed by atoms with Crippen LogP contribution >= 0.6 is 0 Å². The summed E-state index contributed by atoms with van der Waals surface area (Å²) >= 11 is 0. The quantitative estimate of drug-likeness (QED) is 0.596. The maximum Gasteiger partial charge on any atom is 0.191 e. The zero-order chi connectivity index (χ0) is 16.7. The predicted molar refractivity (Wildman–Crippen MR) is 89.4 cm³/mol. The molecule has 0 amide bonds. The maximum absolute atomic E-state index is 13.6. The Bertz CT molecular complexity index is 532. The van der Waals surface area contributed by atoms with Crippen LogP contribution in [-0.4, -0.2) is 44.9 Å². The predicted octanol–water partition coefficient (Wildman–Crippen LogP) is 2.18. The average Bonchev–Trinajstić information content (AvgIpc) is 2.50. The summed E-state index contributed by atoms with van der Waals surface area (Å²) < 4.78 is 24.4. The van der Waals surface area contributed by atoms with Gasteiger partial charge >= 0.3 is 0 Å².